The van der Waals surface area contributed by atoms with E-state index in [0.717, 1.165) is 16.9 Å². The first kappa shape index (κ1) is 21.1. The molecule has 1 fully saturated rings. The number of methoxy groups -OCH3 is 1. The molecular formula is C22H27NO6. The number of aliphatic hydroxyl groups is 1. The molecule has 0 spiro atoms. The van der Waals surface area contributed by atoms with Crippen LogP contribution in [0.15, 0.2) is 54.6 Å². The standard InChI is InChI=1S/C22H27NO6/c1-26-18-11-9-17(10-12-18)21-27-15-19(20(29-21)8-5-13-24)23-22(25)28-14-16-6-3-2-4-7-16/h2-4,6-7,9-12,19-21,24H,5,8,13-15H2,1H3,(H,23,25)/t19-,20+,21?/m1/s1. The molecule has 0 aliphatic carbocycles. The van der Waals surface area contributed by atoms with Crippen LogP contribution in [-0.4, -0.2) is 43.7 Å². The van der Waals surface area contributed by atoms with Gasteiger partial charge < -0.3 is 29.4 Å². The summed E-state index contributed by atoms with van der Waals surface area (Å²) in [5.74, 6) is 0.752. The number of aliphatic hydroxyl groups excluding tert-OH is 1. The van der Waals surface area contributed by atoms with Gasteiger partial charge in [-0.15, -0.1) is 0 Å². The third kappa shape index (κ3) is 6.19. The van der Waals surface area contributed by atoms with Gasteiger partial charge in [-0.1, -0.05) is 42.5 Å². The van der Waals surface area contributed by atoms with Crippen LogP contribution in [0.4, 0.5) is 4.79 Å². The number of benzene rings is 2. The first-order valence-electron chi connectivity index (χ1n) is 9.68. The molecule has 29 heavy (non-hydrogen) atoms. The molecule has 1 aliphatic rings. The van der Waals surface area contributed by atoms with Crippen LogP contribution in [0.2, 0.25) is 0 Å². The summed E-state index contributed by atoms with van der Waals surface area (Å²) < 4.78 is 22.4. The van der Waals surface area contributed by atoms with Crippen molar-refractivity contribution in [2.45, 2.75) is 37.9 Å². The van der Waals surface area contributed by atoms with Crippen LogP contribution in [-0.2, 0) is 20.8 Å². The maximum atomic E-state index is 12.2. The summed E-state index contributed by atoms with van der Waals surface area (Å²) in [6.07, 6.45) is -0.203. The normalized spacial score (nSPS) is 21.4. The minimum Gasteiger partial charge on any atom is -0.497 e. The largest absolute Gasteiger partial charge is 0.497 e. The van der Waals surface area contributed by atoms with E-state index in [1.54, 1.807) is 7.11 Å². The van der Waals surface area contributed by atoms with E-state index in [4.69, 9.17) is 18.9 Å². The third-order valence-electron chi connectivity index (χ3n) is 4.73. The number of rotatable bonds is 8. The molecule has 0 bridgehead atoms. The second-order valence-electron chi connectivity index (χ2n) is 6.79. The summed E-state index contributed by atoms with van der Waals surface area (Å²) in [6.45, 7) is 0.531. The molecule has 156 valence electrons. The average Bonchev–Trinajstić information content (AvgIpc) is 2.78. The molecule has 3 atom stereocenters. The molecule has 0 radical (unpaired) electrons. The van der Waals surface area contributed by atoms with E-state index >= 15 is 0 Å². The predicted octanol–water partition coefficient (Wildman–Crippen LogP) is 3.18. The van der Waals surface area contributed by atoms with Crippen molar-refractivity contribution < 1.29 is 28.8 Å². The second kappa shape index (κ2) is 10.8. The summed E-state index contributed by atoms with van der Waals surface area (Å²) in [5.41, 5.74) is 1.78. The lowest BCUT2D eigenvalue weighted by molar-refractivity contribution is -0.230. The Morgan fingerprint density at radius 1 is 1.17 bits per heavy atom. The summed E-state index contributed by atoms with van der Waals surface area (Å²) in [4.78, 5) is 12.2. The van der Waals surface area contributed by atoms with E-state index in [1.807, 2.05) is 54.6 Å². The molecule has 0 saturated carbocycles. The molecule has 2 N–H and O–H groups in total. The number of carbonyl (C=O) groups is 1. The van der Waals surface area contributed by atoms with Crippen LogP contribution < -0.4 is 10.1 Å². The number of hydrogen-bond acceptors (Lipinski definition) is 6. The number of hydrogen-bond donors (Lipinski definition) is 2. The topological polar surface area (TPSA) is 86.3 Å². The highest BCUT2D eigenvalue weighted by atomic mass is 16.7. The Bertz CT molecular complexity index is 752. The molecule has 2 aromatic carbocycles. The van der Waals surface area contributed by atoms with Gasteiger partial charge in [0.05, 0.1) is 25.9 Å². The van der Waals surface area contributed by atoms with E-state index in [9.17, 15) is 9.90 Å². The molecular weight excluding hydrogens is 374 g/mol. The van der Waals surface area contributed by atoms with Crippen molar-refractivity contribution in [2.24, 2.45) is 0 Å². The average molecular weight is 401 g/mol. The quantitative estimate of drug-likeness (QED) is 0.707. The number of amides is 1. The smallest absolute Gasteiger partial charge is 0.407 e. The Balaban J connectivity index is 1.57. The number of nitrogens with one attached hydrogen (secondary N) is 1. The van der Waals surface area contributed by atoms with Crippen LogP contribution in [0.5, 0.6) is 5.75 Å². The minimum atomic E-state index is -0.539. The first-order valence-corrected chi connectivity index (χ1v) is 9.68. The fraction of sp³-hybridized carbons (Fsp3) is 0.409. The van der Waals surface area contributed by atoms with Crippen molar-refractivity contribution in [3.05, 3.63) is 65.7 Å². The molecule has 7 nitrogen and oxygen atoms in total. The van der Waals surface area contributed by atoms with Gasteiger partial charge in [0, 0.05) is 12.2 Å². The summed E-state index contributed by atoms with van der Waals surface area (Å²) in [6, 6.07) is 16.6. The molecule has 1 aliphatic heterocycles. The van der Waals surface area contributed by atoms with Gasteiger partial charge >= 0.3 is 6.09 Å². The van der Waals surface area contributed by atoms with Crippen LogP contribution in [0.1, 0.15) is 30.3 Å². The maximum Gasteiger partial charge on any atom is 0.407 e. The molecule has 1 amide bonds. The van der Waals surface area contributed by atoms with E-state index in [1.165, 1.54) is 0 Å². The van der Waals surface area contributed by atoms with Crippen molar-refractivity contribution in [2.75, 3.05) is 20.3 Å². The Morgan fingerprint density at radius 3 is 2.62 bits per heavy atom. The van der Waals surface area contributed by atoms with Crippen molar-refractivity contribution in [1.29, 1.82) is 0 Å². The van der Waals surface area contributed by atoms with Gasteiger partial charge in [-0.05, 0) is 30.5 Å². The van der Waals surface area contributed by atoms with Crippen molar-refractivity contribution in [3.8, 4) is 5.75 Å². The van der Waals surface area contributed by atoms with Gasteiger partial charge in [0.15, 0.2) is 6.29 Å². The molecule has 2 aromatic rings. The van der Waals surface area contributed by atoms with E-state index < -0.39 is 12.4 Å². The zero-order chi connectivity index (χ0) is 20.5. The van der Waals surface area contributed by atoms with Crippen LogP contribution in [0.25, 0.3) is 0 Å². The highest BCUT2D eigenvalue weighted by Gasteiger charge is 2.33. The minimum absolute atomic E-state index is 0.0547. The third-order valence-corrected chi connectivity index (χ3v) is 4.73. The van der Waals surface area contributed by atoms with Crippen LogP contribution in [0, 0.1) is 0 Å². The highest BCUT2D eigenvalue weighted by Crippen LogP contribution is 2.29. The zero-order valence-electron chi connectivity index (χ0n) is 16.5. The Kier molecular flexibility index (Phi) is 7.86. The zero-order valence-corrected chi connectivity index (χ0v) is 16.5. The molecule has 1 saturated heterocycles. The van der Waals surface area contributed by atoms with E-state index in [-0.39, 0.29) is 32.0 Å². The number of carbonyl (C=O) groups excluding carboxylic acids is 1. The second-order valence-corrected chi connectivity index (χ2v) is 6.79. The van der Waals surface area contributed by atoms with Crippen molar-refractivity contribution in [1.82, 2.24) is 5.32 Å². The monoisotopic (exact) mass is 401 g/mol. The summed E-state index contributed by atoms with van der Waals surface area (Å²) in [7, 11) is 1.61. The van der Waals surface area contributed by atoms with Gasteiger partial charge in [-0.3, -0.25) is 0 Å². The van der Waals surface area contributed by atoms with E-state index in [2.05, 4.69) is 5.32 Å². The predicted molar refractivity (Wildman–Crippen MR) is 106 cm³/mol. The lowest BCUT2D eigenvalue weighted by Gasteiger charge is -2.37. The number of alkyl carbamates (subject to hydrolysis) is 1. The maximum absolute atomic E-state index is 12.2. The Hall–Kier alpha value is -2.61. The molecule has 1 unspecified atom stereocenters. The van der Waals surface area contributed by atoms with Gasteiger partial charge in [-0.25, -0.2) is 4.79 Å². The Morgan fingerprint density at radius 2 is 1.93 bits per heavy atom. The van der Waals surface area contributed by atoms with Gasteiger partial charge in [-0.2, -0.15) is 0 Å². The molecule has 0 aromatic heterocycles. The fourth-order valence-corrected chi connectivity index (χ4v) is 3.14. The Labute approximate surface area is 170 Å². The molecule has 1 heterocycles. The lowest BCUT2D eigenvalue weighted by atomic mass is 10.0. The lowest BCUT2D eigenvalue weighted by Crippen LogP contribution is -2.51. The van der Waals surface area contributed by atoms with E-state index in [0.29, 0.717) is 12.8 Å². The first-order chi connectivity index (χ1) is 14.2. The van der Waals surface area contributed by atoms with Gasteiger partial charge in [0.2, 0.25) is 0 Å². The molecule has 3 rings (SSSR count). The van der Waals surface area contributed by atoms with Crippen LogP contribution in [0.3, 0.4) is 0 Å². The fourth-order valence-electron chi connectivity index (χ4n) is 3.14. The molecule has 7 heteroatoms. The van der Waals surface area contributed by atoms with Crippen LogP contribution >= 0.6 is 0 Å². The summed E-state index contributed by atoms with van der Waals surface area (Å²) in [5, 5.41) is 12.0. The van der Waals surface area contributed by atoms with Gasteiger partial charge in [0.1, 0.15) is 12.4 Å². The summed E-state index contributed by atoms with van der Waals surface area (Å²) >= 11 is 0. The number of ether oxygens (including phenoxy) is 4. The highest BCUT2D eigenvalue weighted by molar-refractivity contribution is 5.67. The van der Waals surface area contributed by atoms with Crippen molar-refractivity contribution >= 4 is 6.09 Å². The van der Waals surface area contributed by atoms with Gasteiger partial charge in [0.25, 0.3) is 0 Å². The SMILES string of the molecule is COc1ccc(C2OC[C@@H](NC(=O)OCc3ccccc3)[C@H](CCCO)O2)cc1. The van der Waals surface area contributed by atoms with Crippen molar-refractivity contribution in [3.63, 3.8) is 0 Å².